The molecule has 1 aromatic rings. The predicted octanol–water partition coefficient (Wildman–Crippen LogP) is 3.48. The van der Waals surface area contributed by atoms with Crippen LogP contribution < -0.4 is 5.32 Å². The maximum atomic E-state index is 12.8. The van der Waals surface area contributed by atoms with Gasteiger partial charge in [0.15, 0.2) is 0 Å². The maximum absolute atomic E-state index is 12.8. The lowest BCUT2D eigenvalue weighted by molar-refractivity contribution is -0.137. The van der Waals surface area contributed by atoms with E-state index in [0.29, 0.717) is 12.0 Å². The molecule has 0 spiro atoms. The van der Waals surface area contributed by atoms with Gasteiger partial charge in [-0.05, 0) is 36.8 Å². The Bertz CT molecular complexity index is 602. The van der Waals surface area contributed by atoms with E-state index in [4.69, 9.17) is 0 Å². The predicted molar refractivity (Wildman–Crippen MR) is 83.3 cm³/mol. The Morgan fingerprint density at radius 1 is 1.25 bits per heavy atom. The quantitative estimate of drug-likeness (QED) is 0.881. The van der Waals surface area contributed by atoms with Crippen LogP contribution in [0.3, 0.4) is 0 Å². The number of amides is 1. The highest BCUT2D eigenvalue weighted by Crippen LogP contribution is 2.48. The van der Waals surface area contributed by atoms with Crippen molar-refractivity contribution in [2.75, 3.05) is 6.61 Å². The molecular weight excluding hydrogens is 319 g/mol. The molecule has 6 heteroatoms. The van der Waals surface area contributed by atoms with Crippen molar-refractivity contribution in [1.29, 1.82) is 0 Å². The fourth-order valence-electron chi connectivity index (χ4n) is 3.70. The summed E-state index contributed by atoms with van der Waals surface area (Å²) in [5, 5.41) is 12.4. The minimum atomic E-state index is -4.36. The Balaban J connectivity index is 1.61. The highest BCUT2D eigenvalue weighted by atomic mass is 19.4. The van der Waals surface area contributed by atoms with Crippen LogP contribution >= 0.6 is 0 Å². The number of aliphatic hydroxyl groups is 1. The van der Waals surface area contributed by atoms with Crippen LogP contribution in [0.4, 0.5) is 13.2 Å². The van der Waals surface area contributed by atoms with Crippen LogP contribution in [-0.4, -0.2) is 23.7 Å². The second-order valence-electron chi connectivity index (χ2n) is 6.91. The lowest BCUT2D eigenvalue weighted by atomic mass is 9.85. The minimum Gasteiger partial charge on any atom is -0.396 e. The molecule has 2 fully saturated rings. The zero-order valence-electron chi connectivity index (χ0n) is 13.4. The third-order valence-corrected chi connectivity index (χ3v) is 5.24. The average Bonchev–Trinajstić information content (AvgIpc) is 3.35. The summed E-state index contributed by atoms with van der Waals surface area (Å²) in [6.45, 7) is 0.0622. The third-order valence-electron chi connectivity index (χ3n) is 5.24. The lowest BCUT2D eigenvalue weighted by Gasteiger charge is -2.31. The van der Waals surface area contributed by atoms with Gasteiger partial charge >= 0.3 is 6.18 Å². The smallest absolute Gasteiger partial charge is 0.396 e. The Morgan fingerprint density at radius 2 is 2.00 bits per heavy atom. The number of benzene rings is 1. The summed E-state index contributed by atoms with van der Waals surface area (Å²) in [7, 11) is 0. The molecule has 132 valence electrons. The molecule has 0 bridgehead atoms. The molecule has 2 aliphatic carbocycles. The van der Waals surface area contributed by atoms with Gasteiger partial charge in [0.2, 0.25) is 5.91 Å². The summed E-state index contributed by atoms with van der Waals surface area (Å²) < 4.78 is 38.4. The number of alkyl halides is 3. The zero-order valence-corrected chi connectivity index (χ0v) is 13.4. The van der Waals surface area contributed by atoms with Crippen molar-refractivity contribution in [2.45, 2.75) is 50.2 Å². The molecule has 1 aromatic carbocycles. The van der Waals surface area contributed by atoms with E-state index in [0.717, 1.165) is 37.8 Å². The van der Waals surface area contributed by atoms with Gasteiger partial charge in [-0.3, -0.25) is 4.79 Å². The van der Waals surface area contributed by atoms with Gasteiger partial charge in [0.25, 0.3) is 0 Å². The Morgan fingerprint density at radius 3 is 2.71 bits per heavy atom. The van der Waals surface area contributed by atoms with E-state index in [9.17, 15) is 23.1 Å². The summed E-state index contributed by atoms with van der Waals surface area (Å²) in [6.07, 6.45) is 0.0842. The number of hydrogen-bond donors (Lipinski definition) is 2. The number of aliphatic hydroxyl groups excluding tert-OH is 1. The normalized spacial score (nSPS) is 30.0. The Kier molecular flexibility index (Phi) is 4.85. The molecule has 0 aliphatic heterocycles. The van der Waals surface area contributed by atoms with Crippen molar-refractivity contribution in [1.82, 2.24) is 5.32 Å². The molecule has 4 atom stereocenters. The molecule has 2 aliphatic rings. The van der Waals surface area contributed by atoms with E-state index in [-0.39, 0.29) is 36.3 Å². The van der Waals surface area contributed by atoms with Crippen molar-refractivity contribution in [3.05, 3.63) is 35.4 Å². The summed E-state index contributed by atoms with van der Waals surface area (Å²) in [6, 6.07) is 5.24. The molecule has 0 radical (unpaired) electrons. The molecule has 1 amide bonds. The number of halogens is 3. The summed E-state index contributed by atoms with van der Waals surface area (Å²) in [5.41, 5.74) is -0.0917. The van der Waals surface area contributed by atoms with Crippen molar-refractivity contribution >= 4 is 5.91 Å². The van der Waals surface area contributed by atoms with E-state index in [1.54, 1.807) is 6.07 Å². The molecule has 0 saturated heterocycles. The number of nitrogens with one attached hydrogen (secondary N) is 1. The standard InChI is InChI=1S/C18H22F3NO2/c19-18(20,21)13-6-3-5-11(8-13)14-9-15(14)17(24)22-16-7-2-1-4-12(16)10-23/h3,5-6,8,12,14-16,23H,1-2,4,7,9-10H2,(H,22,24). The van der Waals surface area contributed by atoms with Crippen LogP contribution in [0.1, 0.15) is 49.1 Å². The minimum absolute atomic E-state index is 0.0148. The fourth-order valence-corrected chi connectivity index (χ4v) is 3.70. The number of rotatable bonds is 4. The summed E-state index contributed by atoms with van der Waals surface area (Å²) >= 11 is 0. The van der Waals surface area contributed by atoms with Crippen LogP contribution in [0.15, 0.2) is 24.3 Å². The van der Waals surface area contributed by atoms with E-state index in [1.165, 1.54) is 6.07 Å². The van der Waals surface area contributed by atoms with Gasteiger partial charge in [0, 0.05) is 24.5 Å². The number of hydrogen-bond acceptors (Lipinski definition) is 2. The summed E-state index contributed by atoms with van der Waals surface area (Å²) in [4.78, 5) is 12.4. The topological polar surface area (TPSA) is 49.3 Å². The Hall–Kier alpha value is -1.56. The van der Waals surface area contributed by atoms with E-state index in [1.807, 2.05) is 0 Å². The highest BCUT2D eigenvalue weighted by Gasteiger charge is 2.45. The van der Waals surface area contributed by atoms with Gasteiger partial charge in [-0.25, -0.2) is 0 Å². The van der Waals surface area contributed by atoms with Crippen LogP contribution in [0, 0.1) is 11.8 Å². The molecule has 3 rings (SSSR count). The zero-order chi connectivity index (χ0) is 17.3. The Labute approximate surface area is 139 Å². The van der Waals surface area contributed by atoms with Crippen molar-refractivity contribution in [3.8, 4) is 0 Å². The van der Waals surface area contributed by atoms with E-state index < -0.39 is 11.7 Å². The molecule has 24 heavy (non-hydrogen) atoms. The van der Waals surface area contributed by atoms with Gasteiger partial charge in [-0.1, -0.05) is 31.0 Å². The first-order chi connectivity index (χ1) is 11.4. The number of carbonyl (C=O) groups is 1. The van der Waals surface area contributed by atoms with Gasteiger partial charge in [0.1, 0.15) is 0 Å². The maximum Gasteiger partial charge on any atom is 0.416 e. The van der Waals surface area contributed by atoms with Crippen molar-refractivity contribution < 1.29 is 23.1 Å². The van der Waals surface area contributed by atoms with Gasteiger partial charge in [-0.15, -0.1) is 0 Å². The van der Waals surface area contributed by atoms with Gasteiger partial charge in [0.05, 0.1) is 5.56 Å². The third kappa shape index (κ3) is 3.74. The second-order valence-corrected chi connectivity index (χ2v) is 6.91. The van der Waals surface area contributed by atoms with Crippen LogP contribution in [0.2, 0.25) is 0 Å². The lowest BCUT2D eigenvalue weighted by Crippen LogP contribution is -2.44. The average molecular weight is 341 g/mol. The van der Waals surface area contributed by atoms with Crippen LogP contribution in [0.5, 0.6) is 0 Å². The second kappa shape index (κ2) is 6.75. The first-order valence-corrected chi connectivity index (χ1v) is 8.48. The van der Waals surface area contributed by atoms with Gasteiger partial charge in [-0.2, -0.15) is 13.2 Å². The SMILES string of the molecule is O=C(NC1CCCCC1CO)C1CC1c1cccc(C(F)(F)F)c1. The van der Waals surface area contributed by atoms with E-state index >= 15 is 0 Å². The molecular formula is C18H22F3NO2. The first kappa shape index (κ1) is 17.3. The van der Waals surface area contributed by atoms with Crippen molar-refractivity contribution in [2.24, 2.45) is 11.8 Å². The largest absolute Gasteiger partial charge is 0.416 e. The molecule has 4 unspecified atom stereocenters. The molecule has 0 aromatic heterocycles. The molecule has 0 heterocycles. The monoisotopic (exact) mass is 341 g/mol. The van der Waals surface area contributed by atoms with Crippen LogP contribution in [-0.2, 0) is 11.0 Å². The van der Waals surface area contributed by atoms with E-state index in [2.05, 4.69) is 5.32 Å². The number of carbonyl (C=O) groups excluding carboxylic acids is 1. The van der Waals surface area contributed by atoms with Gasteiger partial charge < -0.3 is 10.4 Å². The highest BCUT2D eigenvalue weighted by molar-refractivity contribution is 5.83. The summed E-state index contributed by atoms with van der Waals surface area (Å²) in [5.74, 6) is -0.394. The molecule has 2 N–H and O–H groups in total. The molecule has 2 saturated carbocycles. The molecule has 3 nitrogen and oxygen atoms in total. The first-order valence-electron chi connectivity index (χ1n) is 8.48. The fraction of sp³-hybridized carbons (Fsp3) is 0.611. The van der Waals surface area contributed by atoms with Crippen molar-refractivity contribution in [3.63, 3.8) is 0 Å². The van der Waals surface area contributed by atoms with Crippen LogP contribution in [0.25, 0.3) is 0 Å².